The Hall–Kier alpha value is -1.77. The fourth-order valence-electron chi connectivity index (χ4n) is 2.58. The van der Waals surface area contributed by atoms with E-state index in [2.05, 4.69) is 11.0 Å². The van der Waals surface area contributed by atoms with Crippen LogP contribution in [0.25, 0.3) is 0 Å². The molecule has 106 valence electrons. The molecule has 0 aliphatic carbocycles. The van der Waals surface area contributed by atoms with Gasteiger partial charge in [0.1, 0.15) is 19.3 Å². The van der Waals surface area contributed by atoms with Crippen molar-refractivity contribution in [1.82, 2.24) is 4.90 Å². The number of benzene rings is 1. The number of hydrogen-bond donors (Lipinski definition) is 0. The highest BCUT2D eigenvalue weighted by Gasteiger charge is 2.21. The molecule has 5 nitrogen and oxygen atoms in total. The summed E-state index contributed by atoms with van der Waals surface area (Å²) in [7, 11) is 0. The first-order chi connectivity index (χ1) is 9.86. The van der Waals surface area contributed by atoms with Crippen molar-refractivity contribution in [2.24, 2.45) is 0 Å². The van der Waals surface area contributed by atoms with Crippen LogP contribution in [0.5, 0.6) is 11.5 Å². The number of fused-ring (bicyclic) bond motifs is 1. The van der Waals surface area contributed by atoms with Gasteiger partial charge in [-0.2, -0.15) is 5.26 Å². The molecule has 0 saturated carbocycles. The van der Waals surface area contributed by atoms with Gasteiger partial charge in [-0.1, -0.05) is 6.07 Å². The minimum absolute atomic E-state index is 0.110. The molecule has 3 rings (SSSR count). The van der Waals surface area contributed by atoms with E-state index >= 15 is 0 Å². The second-order valence-corrected chi connectivity index (χ2v) is 4.98. The maximum atomic E-state index is 9.39. The number of nitriles is 1. The lowest BCUT2D eigenvalue weighted by atomic mass is 10.0. The van der Waals surface area contributed by atoms with E-state index < -0.39 is 0 Å². The fourth-order valence-corrected chi connectivity index (χ4v) is 2.58. The van der Waals surface area contributed by atoms with Crippen LogP contribution >= 0.6 is 0 Å². The van der Waals surface area contributed by atoms with E-state index in [0.29, 0.717) is 32.8 Å². The molecule has 1 saturated heterocycles. The summed E-state index contributed by atoms with van der Waals surface area (Å²) >= 11 is 0. The molecule has 1 aromatic rings. The largest absolute Gasteiger partial charge is 0.486 e. The van der Waals surface area contributed by atoms with Crippen LogP contribution in [0, 0.1) is 11.3 Å². The molecular formula is C15H18N2O3. The van der Waals surface area contributed by atoms with Crippen LogP contribution in [-0.2, 0) is 11.2 Å². The average molecular weight is 274 g/mol. The second kappa shape index (κ2) is 6.12. The minimum atomic E-state index is -0.110. The third kappa shape index (κ3) is 2.87. The van der Waals surface area contributed by atoms with Gasteiger partial charge in [-0.3, -0.25) is 4.90 Å². The molecule has 20 heavy (non-hydrogen) atoms. The monoisotopic (exact) mass is 274 g/mol. The Balaban J connectivity index is 1.70. The lowest BCUT2D eigenvalue weighted by Gasteiger charge is -2.30. The quantitative estimate of drug-likeness (QED) is 0.829. The maximum absolute atomic E-state index is 9.39. The second-order valence-electron chi connectivity index (χ2n) is 4.98. The van der Waals surface area contributed by atoms with Crippen LogP contribution in [-0.4, -0.2) is 50.5 Å². The lowest BCUT2D eigenvalue weighted by molar-refractivity contribution is 0.0270. The minimum Gasteiger partial charge on any atom is -0.486 e. The van der Waals surface area contributed by atoms with Gasteiger partial charge >= 0.3 is 0 Å². The molecule has 2 aliphatic heterocycles. The van der Waals surface area contributed by atoms with Gasteiger partial charge in [-0.15, -0.1) is 0 Å². The average Bonchev–Trinajstić information content (AvgIpc) is 2.53. The van der Waals surface area contributed by atoms with Crippen molar-refractivity contribution >= 4 is 0 Å². The van der Waals surface area contributed by atoms with Gasteiger partial charge in [0.2, 0.25) is 0 Å². The Kier molecular flexibility index (Phi) is 4.05. The Morgan fingerprint density at radius 2 is 1.85 bits per heavy atom. The first-order valence-electron chi connectivity index (χ1n) is 6.97. The Morgan fingerprint density at radius 3 is 2.60 bits per heavy atom. The molecule has 0 amide bonds. The number of nitrogens with zero attached hydrogens (tertiary/aromatic N) is 2. The molecule has 2 aliphatic rings. The SMILES string of the molecule is N#CC(Cc1ccc2c(c1)OCCO2)N1CCOCC1. The van der Waals surface area contributed by atoms with Crippen LogP contribution in [0.2, 0.25) is 0 Å². The number of rotatable bonds is 3. The maximum Gasteiger partial charge on any atom is 0.161 e. The van der Waals surface area contributed by atoms with Crippen molar-refractivity contribution in [3.8, 4) is 17.6 Å². The van der Waals surface area contributed by atoms with Crippen molar-refractivity contribution in [1.29, 1.82) is 5.26 Å². The van der Waals surface area contributed by atoms with Gasteiger partial charge < -0.3 is 14.2 Å². The number of hydrogen-bond acceptors (Lipinski definition) is 5. The van der Waals surface area contributed by atoms with E-state index in [4.69, 9.17) is 14.2 Å². The Morgan fingerprint density at radius 1 is 1.10 bits per heavy atom. The summed E-state index contributed by atoms with van der Waals surface area (Å²) < 4.78 is 16.4. The van der Waals surface area contributed by atoms with E-state index in [0.717, 1.165) is 30.2 Å². The highest BCUT2D eigenvalue weighted by Crippen LogP contribution is 2.31. The van der Waals surface area contributed by atoms with Gasteiger partial charge in [-0.25, -0.2) is 0 Å². The third-order valence-electron chi connectivity index (χ3n) is 3.67. The van der Waals surface area contributed by atoms with Gasteiger partial charge in [0.15, 0.2) is 11.5 Å². The Labute approximate surface area is 118 Å². The summed E-state index contributed by atoms with van der Waals surface area (Å²) in [6.45, 7) is 4.24. The van der Waals surface area contributed by atoms with E-state index in [1.807, 2.05) is 18.2 Å². The lowest BCUT2D eigenvalue weighted by Crippen LogP contribution is -2.43. The van der Waals surface area contributed by atoms with Crippen molar-refractivity contribution in [2.75, 3.05) is 39.5 Å². The highest BCUT2D eigenvalue weighted by molar-refractivity contribution is 5.44. The standard InChI is InChI=1S/C15H18N2O3/c16-11-13(17-3-5-18-6-4-17)9-12-1-2-14-15(10-12)20-8-7-19-14/h1-2,10,13H,3-9H2. The molecule has 0 bridgehead atoms. The van der Waals surface area contributed by atoms with Crippen molar-refractivity contribution < 1.29 is 14.2 Å². The van der Waals surface area contributed by atoms with Crippen LogP contribution in [0.3, 0.4) is 0 Å². The molecule has 0 aromatic heterocycles. The predicted octanol–water partition coefficient (Wildman–Crippen LogP) is 1.22. The molecule has 2 heterocycles. The van der Waals surface area contributed by atoms with Gasteiger partial charge in [0, 0.05) is 19.5 Å². The van der Waals surface area contributed by atoms with Crippen molar-refractivity contribution in [2.45, 2.75) is 12.5 Å². The first-order valence-corrected chi connectivity index (χ1v) is 6.97. The first kappa shape index (κ1) is 13.2. The Bertz CT molecular complexity index is 506. The van der Waals surface area contributed by atoms with E-state index in [-0.39, 0.29) is 6.04 Å². The molecule has 5 heteroatoms. The number of morpholine rings is 1. The van der Waals surface area contributed by atoms with Gasteiger partial charge in [0.25, 0.3) is 0 Å². The zero-order valence-electron chi connectivity index (χ0n) is 11.4. The zero-order chi connectivity index (χ0) is 13.8. The summed E-state index contributed by atoms with van der Waals surface area (Å²) in [6.07, 6.45) is 0.702. The van der Waals surface area contributed by atoms with Crippen LogP contribution in [0.1, 0.15) is 5.56 Å². The summed E-state index contributed by atoms with van der Waals surface area (Å²) in [5.74, 6) is 1.58. The van der Waals surface area contributed by atoms with E-state index in [9.17, 15) is 5.26 Å². The molecule has 1 aromatic carbocycles. The van der Waals surface area contributed by atoms with E-state index in [1.54, 1.807) is 0 Å². The molecule has 0 N–H and O–H groups in total. The number of ether oxygens (including phenoxy) is 3. The summed E-state index contributed by atoms with van der Waals surface area (Å²) in [5.41, 5.74) is 1.10. The summed E-state index contributed by atoms with van der Waals surface area (Å²) in [4.78, 5) is 2.18. The van der Waals surface area contributed by atoms with Crippen LogP contribution in [0.4, 0.5) is 0 Å². The van der Waals surface area contributed by atoms with Crippen LogP contribution < -0.4 is 9.47 Å². The van der Waals surface area contributed by atoms with Gasteiger partial charge in [-0.05, 0) is 17.7 Å². The highest BCUT2D eigenvalue weighted by atomic mass is 16.6. The fraction of sp³-hybridized carbons (Fsp3) is 0.533. The smallest absolute Gasteiger partial charge is 0.161 e. The predicted molar refractivity (Wildman–Crippen MR) is 72.9 cm³/mol. The third-order valence-corrected chi connectivity index (χ3v) is 3.67. The summed E-state index contributed by atoms with van der Waals surface area (Å²) in [5, 5.41) is 9.39. The van der Waals surface area contributed by atoms with E-state index in [1.165, 1.54) is 0 Å². The van der Waals surface area contributed by atoms with Crippen molar-refractivity contribution in [3.05, 3.63) is 23.8 Å². The summed E-state index contributed by atoms with van der Waals surface area (Å²) in [6, 6.07) is 8.21. The van der Waals surface area contributed by atoms with Crippen molar-refractivity contribution in [3.63, 3.8) is 0 Å². The molecular weight excluding hydrogens is 256 g/mol. The zero-order valence-corrected chi connectivity index (χ0v) is 11.4. The molecule has 0 spiro atoms. The normalized spacial score (nSPS) is 20.1. The molecule has 1 fully saturated rings. The molecule has 1 atom stereocenters. The van der Waals surface area contributed by atoms with Gasteiger partial charge in [0.05, 0.1) is 19.3 Å². The van der Waals surface area contributed by atoms with Crippen LogP contribution in [0.15, 0.2) is 18.2 Å². The molecule has 0 radical (unpaired) electrons. The molecule has 1 unspecified atom stereocenters. The topological polar surface area (TPSA) is 54.7 Å².